The van der Waals surface area contributed by atoms with Crippen LogP contribution in [0.3, 0.4) is 0 Å². The van der Waals surface area contributed by atoms with Gasteiger partial charge in [-0.05, 0) is 24.3 Å². The highest BCUT2D eigenvalue weighted by Crippen LogP contribution is 2.26. The van der Waals surface area contributed by atoms with E-state index in [1.807, 2.05) is 6.07 Å². The fourth-order valence-electron chi connectivity index (χ4n) is 1.21. The summed E-state index contributed by atoms with van der Waals surface area (Å²) >= 11 is 7.20. The minimum atomic E-state index is -0.367. The van der Waals surface area contributed by atoms with Crippen LogP contribution < -0.4 is 10.5 Å². The van der Waals surface area contributed by atoms with Crippen molar-refractivity contribution < 1.29 is 9.13 Å². The van der Waals surface area contributed by atoms with Crippen LogP contribution in [0.2, 0.25) is 4.34 Å². The molecule has 0 amide bonds. The lowest BCUT2D eigenvalue weighted by Gasteiger charge is -2.07. The summed E-state index contributed by atoms with van der Waals surface area (Å²) in [6.45, 7) is 0.338. The summed E-state index contributed by atoms with van der Waals surface area (Å²) in [7, 11) is 0. The molecule has 0 saturated heterocycles. The number of hydrogen-bond donors (Lipinski definition) is 1. The largest absolute Gasteiger partial charge is 0.486 e. The Morgan fingerprint density at radius 2 is 2.12 bits per heavy atom. The minimum absolute atomic E-state index is 0.338. The molecule has 0 aliphatic heterocycles. The van der Waals surface area contributed by atoms with Crippen LogP contribution in [0.15, 0.2) is 30.3 Å². The maximum atomic E-state index is 12.9. The van der Waals surface area contributed by atoms with E-state index in [9.17, 15) is 4.39 Å². The Bertz CT molecular complexity index is 500. The second kappa shape index (κ2) is 4.72. The van der Waals surface area contributed by atoms with E-state index in [-0.39, 0.29) is 5.82 Å². The van der Waals surface area contributed by atoms with Crippen LogP contribution >= 0.6 is 22.9 Å². The molecule has 0 aliphatic carbocycles. The number of anilines is 1. The first kappa shape index (κ1) is 11.2. The summed E-state index contributed by atoms with van der Waals surface area (Å²) in [6, 6.07) is 7.70. The van der Waals surface area contributed by atoms with Gasteiger partial charge in [0.2, 0.25) is 0 Å². The number of hydrogen-bond acceptors (Lipinski definition) is 3. The topological polar surface area (TPSA) is 35.2 Å². The predicted octanol–water partition coefficient (Wildman–Crippen LogP) is 3.70. The predicted molar refractivity (Wildman–Crippen MR) is 64.5 cm³/mol. The summed E-state index contributed by atoms with van der Waals surface area (Å²) in [6.07, 6.45) is 0. The van der Waals surface area contributed by atoms with Crippen molar-refractivity contribution >= 4 is 28.6 Å². The summed E-state index contributed by atoms with van der Waals surface area (Å²) in [5.41, 5.74) is 6.06. The zero-order valence-electron chi connectivity index (χ0n) is 8.24. The molecule has 16 heavy (non-hydrogen) atoms. The zero-order valence-corrected chi connectivity index (χ0v) is 9.82. The van der Waals surface area contributed by atoms with Crippen molar-refractivity contribution in [3.8, 4) is 5.75 Å². The normalized spacial score (nSPS) is 10.4. The highest BCUT2D eigenvalue weighted by atomic mass is 35.5. The minimum Gasteiger partial charge on any atom is -0.486 e. The van der Waals surface area contributed by atoms with Crippen LogP contribution in [0.1, 0.15) is 4.88 Å². The quantitative estimate of drug-likeness (QED) is 0.851. The van der Waals surface area contributed by atoms with Crippen molar-refractivity contribution in [3.05, 3.63) is 45.4 Å². The third kappa shape index (κ3) is 2.65. The first-order valence-electron chi connectivity index (χ1n) is 4.57. The van der Waals surface area contributed by atoms with Crippen LogP contribution in [-0.2, 0) is 6.61 Å². The lowest BCUT2D eigenvalue weighted by Crippen LogP contribution is -1.97. The Morgan fingerprint density at radius 1 is 1.31 bits per heavy atom. The first-order chi connectivity index (χ1) is 7.65. The van der Waals surface area contributed by atoms with Gasteiger partial charge in [0.1, 0.15) is 18.2 Å². The van der Waals surface area contributed by atoms with Crippen molar-refractivity contribution in [1.82, 2.24) is 0 Å². The lowest BCUT2D eigenvalue weighted by molar-refractivity contribution is 0.310. The maximum absolute atomic E-state index is 12.9. The molecule has 0 fully saturated rings. The number of nitrogen functional groups attached to an aromatic ring is 1. The molecule has 0 bridgehead atoms. The maximum Gasteiger partial charge on any atom is 0.145 e. The van der Waals surface area contributed by atoms with Gasteiger partial charge in [-0.15, -0.1) is 11.3 Å². The summed E-state index contributed by atoms with van der Waals surface area (Å²) in [4.78, 5) is 0.966. The third-order valence-electron chi connectivity index (χ3n) is 1.97. The van der Waals surface area contributed by atoms with Crippen LogP contribution in [0.25, 0.3) is 0 Å². The van der Waals surface area contributed by atoms with E-state index in [0.29, 0.717) is 22.4 Å². The summed E-state index contributed by atoms with van der Waals surface area (Å²) < 4.78 is 19.0. The van der Waals surface area contributed by atoms with Gasteiger partial charge in [-0.3, -0.25) is 0 Å². The third-order valence-corrected chi connectivity index (χ3v) is 3.18. The van der Waals surface area contributed by atoms with Gasteiger partial charge < -0.3 is 10.5 Å². The van der Waals surface area contributed by atoms with Gasteiger partial charge in [0, 0.05) is 10.9 Å². The molecule has 1 heterocycles. The van der Waals surface area contributed by atoms with Crippen LogP contribution in [0.4, 0.5) is 10.1 Å². The monoisotopic (exact) mass is 257 g/mol. The van der Waals surface area contributed by atoms with Gasteiger partial charge in [0.05, 0.1) is 10.0 Å². The summed E-state index contributed by atoms with van der Waals surface area (Å²) in [5.74, 6) is -0.0158. The number of rotatable bonds is 3. The van der Waals surface area contributed by atoms with E-state index >= 15 is 0 Å². The first-order valence-corrected chi connectivity index (χ1v) is 5.76. The van der Waals surface area contributed by atoms with E-state index in [2.05, 4.69) is 0 Å². The van der Waals surface area contributed by atoms with Gasteiger partial charge in [-0.25, -0.2) is 4.39 Å². The molecular weight excluding hydrogens is 249 g/mol. The van der Waals surface area contributed by atoms with Crippen molar-refractivity contribution in [1.29, 1.82) is 0 Å². The molecule has 2 nitrogen and oxygen atoms in total. The Balaban J connectivity index is 2.07. The van der Waals surface area contributed by atoms with Crippen molar-refractivity contribution in [2.24, 2.45) is 0 Å². The molecule has 0 unspecified atom stereocenters. The molecule has 1 aromatic heterocycles. The molecule has 0 aliphatic rings. The molecule has 1 aromatic carbocycles. The molecule has 0 radical (unpaired) electrons. The number of nitrogens with two attached hydrogens (primary N) is 1. The second-order valence-electron chi connectivity index (χ2n) is 3.18. The van der Waals surface area contributed by atoms with E-state index in [0.717, 1.165) is 4.88 Å². The van der Waals surface area contributed by atoms with Crippen molar-refractivity contribution in [2.75, 3.05) is 5.73 Å². The molecule has 5 heteroatoms. The molecule has 0 atom stereocenters. The van der Waals surface area contributed by atoms with Gasteiger partial charge >= 0.3 is 0 Å². The van der Waals surface area contributed by atoms with Crippen LogP contribution in [-0.4, -0.2) is 0 Å². The van der Waals surface area contributed by atoms with E-state index < -0.39 is 0 Å². The fourth-order valence-corrected chi connectivity index (χ4v) is 2.21. The molecule has 2 N–H and O–H groups in total. The Labute approximate surface area is 101 Å². The van der Waals surface area contributed by atoms with Crippen molar-refractivity contribution in [3.63, 3.8) is 0 Å². The molecular formula is C11H9ClFNOS. The van der Waals surface area contributed by atoms with Crippen molar-refractivity contribution in [2.45, 2.75) is 6.61 Å². The number of thiophene rings is 1. The van der Waals surface area contributed by atoms with E-state index in [4.69, 9.17) is 22.1 Å². The Morgan fingerprint density at radius 3 is 2.81 bits per heavy atom. The second-order valence-corrected chi connectivity index (χ2v) is 4.98. The van der Waals surface area contributed by atoms with E-state index in [1.54, 1.807) is 6.07 Å². The number of ether oxygens (including phenoxy) is 1. The summed E-state index contributed by atoms with van der Waals surface area (Å²) in [5, 5.41) is 0. The van der Waals surface area contributed by atoms with E-state index in [1.165, 1.54) is 29.5 Å². The molecule has 84 valence electrons. The molecule has 0 spiro atoms. The average Bonchev–Trinajstić information content (AvgIpc) is 2.66. The molecule has 0 saturated carbocycles. The molecule has 2 rings (SSSR count). The fraction of sp³-hybridized carbons (Fsp3) is 0.0909. The Hall–Kier alpha value is -1.26. The van der Waals surface area contributed by atoms with Gasteiger partial charge in [-0.2, -0.15) is 0 Å². The van der Waals surface area contributed by atoms with Crippen LogP contribution in [0, 0.1) is 5.82 Å². The van der Waals surface area contributed by atoms with Gasteiger partial charge in [0.15, 0.2) is 0 Å². The standard InChI is InChI=1S/C11H9ClFNOS/c12-11-4-2-8(16-11)6-15-10-5-7(13)1-3-9(10)14/h1-5H,6,14H2. The number of benzene rings is 1. The highest BCUT2D eigenvalue weighted by Gasteiger charge is 2.04. The SMILES string of the molecule is Nc1ccc(F)cc1OCc1ccc(Cl)s1. The lowest BCUT2D eigenvalue weighted by atomic mass is 10.3. The average molecular weight is 258 g/mol. The molecule has 2 aromatic rings. The smallest absolute Gasteiger partial charge is 0.145 e. The number of halogens is 2. The van der Waals surface area contributed by atoms with Gasteiger partial charge in [0.25, 0.3) is 0 Å². The highest BCUT2D eigenvalue weighted by molar-refractivity contribution is 7.16. The van der Waals surface area contributed by atoms with Gasteiger partial charge in [-0.1, -0.05) is 11.6 Å². The Kier molecular flexibility index (Phi) is 3.31. The zero-order chi connectivity index (χ0) is 11.5. The van der Waals surface area contributed by atoms with Crippen LogP contribution in [0.5, 0.6) is 5.75 Å².